The summed E-state index contributed by atoms with van der Waals surface area (Å²) in [6.07, 6.45) is 2.63. The number of hydrogen-bond donors (Lipinski definition) is 2. The zero-order valence-electron chi connectivity index (χ0n) is 29.7. The third-order valence-electron chi connectivity index (χ3n) is 9.28. The second kappa shape index (κ2) is 14.7. The van der Waals surface area contributed by atoms with Crippen LogP contribution in [0.25, 0.3) is 0 Å². The number of rotatable bonds is 10. The van der Waals surface area contributed by atoms with Gasteiger partial charge in [0.05, 0.1) is 12.6 Å². The average Bonchev–Trinajstić information content (AvgIpc) is 3.52. The molecule has 0 bridgehead atoms. The molecule has 2 N–H and O–H groups in total. The largest absolute Gasteiger partial charge is 0.424 e. The first kappa shape index (κ1) is 37.7. The molecule has 2 saturated heterocycles. The molecule has 1 unspecified atom stereocenters. The van der Waals surface area contributed by atoms with E-state index in [0.29, 0.717) is 25.9 Å². The van der Waals surface area contributed by atoms with Gasteiger partial charge >= 0.3 is 11.9 Å². The van der Waals surface area contributed by atoms with Crippen LogP contribution in [-0.4, -0.2) is 119 Å². The summed E-state index contributed by atoms with van der Waals surface area (Å²) < 4.78 is -0.308. The van der Waals surface area contributed by atoms with E-state index in [1.54, 1.807) is 11.9 Å². The summed E-state index contributed by atoms with van der Waals surface area (Å²) in [6, 6.07) is -3.32. The lowest BCUT2D eigenvalue weighted by Gasteiger charge is -2.40. The summed E-state index contributed by atoms with van der Waals surface area (Å²) in [4.78, 5) is 74.6. The monoisotopic (exact) mass is 621 g/mol. The zero-order valence-corrected chi connectivity index (χ0v) is 29.7. The van der Waals surface area contributed by atoms with Crippen molar-refractivity contribution in [3.05, 3.63) is 0 Å². The maximum atomic E-state index is 14.4. The highest BCUT2D eigenvalue weighted by Crippen LogP contribution is 2.34. The minimum absolute atomic E-state index is 0.0371. The molecule has 0 aliphatic carbocycles. The molecule has 2 heterocycles. The van der Waals surface area contributed by atoms with E-state index in [-0.39, 0.29) is 57.9 Å². The van der Waals surface area contributed by atoms with Crippen LogP contribution in [0.3, 0.4) is 0 Å². The number of likely N-dealkylation sites (N-methyl/N-ethyl adjacent to an activating group) is 2. The molecule has 11 heteroatoms. The van der Waals surface area contributed by atoms with Crippen LogP contribution >= 0.6 is 0 Å². The number of carbonyl (C=O) groups is 5. The Bertz CT molecular complexity index is 1060. The summed E-state index contributed by atoms with van der Waals surface area (Å²) in [5.41, 5.74) is -0.508. The van der Waals surface area contributed by atoms with E-state index in [1.807, 2.05) is 88.2 Å². The van der Waals surface area contributed by atoms with Crippen LogP contribution in [0.5, 0.6) is 0 Å². The Morgan fingerprint density at radius 2 is 1.41 bits per heavy atom. The molecule has 2 aliphatic rings. The fraction of sp³-hybridized carbons (Fsp3) is 0.848. The minimum atomic E-state index is -0.836. The quantitative estimate of drug-likeness (QED) is 0.362. The van der Waals surface area contributed by atoms with Crippen molar-refractivity contribution in [2.45, 2.75) is 131 Å². The predicted octanol–water partition coefficient (Wildman–Crippen LogP) is 3.22. The molecule has 2 rings (SSSR count). The molecule has 0 aromatic carbocycles. The Morgan fingerprint density at radius 3 is 1.84 bits per heavy atom. The highest BCUT2D eigenvalue weighted by Gasteiger charge is 2.58. The predicted molar refractivity (Wildman–Crippen MR) is 172 cm³/mol. The molecule has 6 amide bonds. The average molecular weight is 622 g/mol. The molecule has 44 heavy (non-hydrogen) atoms. The number of imide groups is 1. The second-order valence-corrected chi connectivity index (χ2v) is 15.3. The zero-order chi connectivity index (χ0) is 33.9. The van der Waals surface area contributed by atoms with Gasteiger partial charge in [-0.25, -0.2) is 9.59 Å². The van der Waals surface area contributed by atoms with Gasteiger partial charge in [-0.15, -0.1) is 0 Å². The number of amides is 6. The van der Waals surface area contributed by atoms with Gasteiger partial charge < -0.3 is 20.4 Å². The molecule has 0 spiro atoms. The molecule has 0 aromatic heterocycles. The number of likely N-dealkylation sites (tertiary alicyclic amines) is 2. The Labute approximate surface area is 266 Å². The number of carbonyl (C=O) groups excluding carboxylic acids is 5. The first-order chi connectivity index (χ1) is 20.2. The maximum absolute atomic E-state index is 14.4. The van der Waals surface area contributed by atoms with Crippen LogP contribution in [0.1, 0.15) is 94.9 Å². The summed E-state index contributed by atoms with van der Waals surface area (Å²) in [5.74, 6) is -1.54. The van der Waals surface area contributed by atoms with Gasteiger partial charge in [0.1, 0.15) is 24.2 Å². The second-order valence-electron chi connectivity index (χ2n) is 15.3. The van der Waals surface area contributed by atoms with Crippen LogP contribution in [-0.2, 0) is 19.2 Å². The highest BCUT2D eigenvalue weighted by molar-refractivity contribution is 5.96. The normalized spacial score (nSPS) is 24.5. The van der Waals surface area contributed by atoms with Crippen molar-refractivity contribution < 1.29 is 28.5 Å². The van der Waals surface area contributed by atoms with Crippen LogP contribution in [0.2, 0.25) is 0 Å². The molecule has 0 saturated carbocycles. The van der Waals surface area contributed by atoms with Gasteiger partial charge in [-0.1, -0.05) is 41.5 Å². The van der Waals surface area contributed by atoms with E-state index < -0.39 is 29.7 Å². The SMILES string of the molecule is CC(C)[C@H](NC(=O)[C@H](C(C)C)N(C)C)C(=O)N(C)[C@H](C(=O)N1CCC[C@H]1C(=O)[N+]1(C(=O)NC(C)(C)C)CCC[C@H]1C)C(C)C. The fourth-order valence-electron chi connectivity index (χ4n) is 7.09. The lowest BCUT2D eigenvalue weighted by molar-refractivity contribution is -0.786. The topological polar surface area (TPSA) is 119 Å². The molecule has 2 aliphatic heterocycles. The number of nitrogens with zero attached hydrogens (tertiary/aromatic N) is 4. The smallest absolute Gasteiger partial charge is 0.343 e. The standard InChI is InChI=1S/C33H60N6O5/c1-20(2)25(34-28(40)26(21(3)4)36(11)12)29(41)37(13)27(22(5)6)30(42)38-18-14-17-24(38)31(43)39(19-15-16-23(39)7)32(44)35-33(8,9)10/h20-27H,14-19H2,1-13H3,(H-,34,35,40,44)/p+1/t23-,24+,25+,26+,27+,39?/m1/s1. The van der Waals surface area contributed by atoms with Crippen molar-refractivity contribution in [3.8, 4) is 0 Å². The van der Waals surface area contributed by atoms with Gasteiger partial charge in [0.15, 0.2) is 0 Å². The number of quaternary nitrogens is 1. The third kappa shape index (κ3) is 8.00. The molecule has 11 nitrogen and oxygen atoms in total. The van der Waals surface area contributed by atoms with Gasteiger partial charge in [0.25, 0.3) is 0 Å². The van der Waals surface area contributed by atoms with Gasteiger partial charge in [0, 0.05) is 32.0 Å². The summed E-state index contributed by atoms with van der Waals surface area (Å²) in [6.45, 7) is 19.9. The molecule has 0 radical (unpaired) electrons. The van der Waals surface area contributed by atoms with Crippen LogP contribution in [0.4, 0.5) is 4.79 Å². The van der Waals surface area contributed by atoms with Gasteiger partial charge in [-0.05, 0) is 72.4 Å². The number of hydrogen-bond acceptors (Lipinski definition) is 6. The Kier molecular flexibility index (Phi) is 12.6. The van der Waals surface area contributed by atoms with Crippen molar-refractivity contribution >= 4 is 29.7 Å². The number of nitrogens with one attached hydrogen (secondary N) is 2. The van der Waals surface area contributed by atoms with E-state index in [9.17, 15) is 24.0 Å². The molecule has 6 atom stereocenters. The van der Waals surface area contributed by atoms with Crippen molar-refractivity contribution in [1.82, 2.24) is 25.3 Å². The summed E-state index contributed by atoms with van der Waals surface area (Å²) in [7, 11) is 5.29. The highest BCUT2D eigenvalue weighted by atomic mass is 16.2. The van der Waals surface area contributed by atoms with Gasteiger partial charge in [0.2, 0.25) is 17.7 Å². The van der Waals surface area contributed by atoms with Gasteiger partial charge in [-0.3, -0.25) is 19.3 Å². The third-order valence-corrected chi connectivity index (χ3v) is 9.28. The van der Waals surface area contributed by atoms with E-state index >= 15 is 0 Å². The van der Waals surface area contributed by atoms with Crippen molar-refractivity contribution in [2.75, 3.05) is 34.2 Å². The fourth-order valence-corrected chi connectivity index (χ4v) is 7.09. The molecule has 252 valence electrons. The Balaban J connectivity index is 2.39. The molecule has 0 aromatic rings. The lowest BCUT2D eigenvalue weighted by Crippen LogP contribution is -2.69. The van der Waals surface area contributed by atoms with Crippen LogP contribution in [0.15, 0.2) is 0 Å². The minimum Gasteiger partial charge on any atom is -0.343 e. The molecular formula is C33H61N6O5+. The van der Waals surface area contributed by atoms with E-state index in [1.165, 1.54) is 4.90 Å². The Morgan fingerprint density at radius 1 is 0.841 bits per heavy atom. The van der Waals surface area contributed by atoms with Crippen molar-refractivity contribution in [1.29, 1.82) is 0 Å². The van der Waals surface area contributed by atoms with E-state index in [2.05, 4.69) is 10.6 Å². The molecule has 2 fully saturated rings. The maximum Gasteiger partial charge on any atom is 0.424 e. The van der Waals surface area contributed by atoms with Crippen LogP contribution in [0, 0.1) is 17.8 Å². The first-order valence-corrected chi connectivity index (χ1v) is 16.5. The summed E-state index contributed by atoms with van der Waals surface area (Å²) >= 11 is 0. The van der Waals surface area contributed by atoms with Gasteiger partial charge in [-0.2, -0.15) is 4.48 Å². The lowest BCUT2D eigenvalue weighted by atomic mass is 9.96. The van der Waals surface area contributed by atoms with Crippen molar-refractivity contribution in [3.63, 3.8) is 0 Å². The van der Waals surface area contributed by atoms with E-state index in [0.717, 1.165) is 12.8 Å². The molecular weight excluding hydrogens is 560 g/mol. The Hall–Kier alpha value is -2.53. The summed E-state index contributed by atoms with van der Waals surface area (Å²) in [5, 5.41) is 6.00. The van der Waals surface area contributed by atoms with Crippen LogP contribution < -0.4 is 10.6 Å². The first-order valence-electron chi connectivity index (χ1n) is 16.5. The number of urea groups is 1. The van der Waals surface area contributed by atoms with Crippen molar-refractivity contribution in [2.24, 2.45) is 17.8 Å². The van der Waals surface area contributed by atoms with E-state index in [4.69, 9.17) is 0 Å².